The average Bonchev–Trinajstić information content (AvgIpc) is 3.09. The highest BCUT2D eigenvalue weighted by Crippen LogP contribution is 2.31. The van der Waals surface area contributed by atoms with Gasteiger partial charge in [-0.1, -0.05) is 12.1 Å². The van der Waals surface area contributed by atoms with Crippen molar-refractivity contribution in [1.29, 1.82) is 0 Å². The third kappa shape index (κ3) is 4.03. The molecule has 1 amide bonds. The Balaban J connectivity index is 1.94. The third-order valence-electron chi connectivity index (χ3n) is 4.05. The van der Waals surface area contributed by atoms with Crippen molar-refractivity contribution in [2.75, 3.05) is 5.32 Å². The largest absolute Gasteiger partial charge is 0.416 e. The molecule has 0 saturated carbocycles. The van der Waals surface area contributed by atoms with E-state index in [1.807, 2.05) is 19.9 Å². The SMILES string of the molecule is CCc1nc(-c2c(C)cc(C)nc2NC(=O)c2ccc(C(F)(F)F)cc2)no1. The summed E-state index contributed by atoms with van der Waals surface area (Å²) in [6.07, 6.45) is -3.91. The second-order valence-corrected chi connectivity index (χ2v) is 6.20. The fraction of sp³-hybridized carbons (Fsp3) is 0.263. The molecule has 1 N–H and O–H groups in total. The van der Waals surface area contributed by atoms with Crippen LogP contribution in [0.5, 0.6) is 0 Å². The van der Waals surface area contributed by atoms with Crippen LogP contribution in [0.3, 0.4) is 0 Å². The number of aryl methyl sites for hydroxylation is 3. The molecule has 0 aliphatic carbocycles. The summed E-state index contributed by atoms with van der Waals surface area (Å²) in [5.41, 5.74) is 1.17. The van der Waals surface area contributed by atoms with Gasteiger partial charge in [0.1, 0.15) is 5.82 Å². The van der Waals surface area contributed by atoms with E-state index in [2.05, 4.69) is 20.4 Å². The monoisotopic (exact) mass is 390 g/mol. The number of carbonyl (C=O) groups excluding carboxylic acids is 1. The summed E-state index contributed by atoms with van der Waals surface area (Å²) in [4.78, 5) is 21.2. The number of aromatic nitrogens is 3. The lowest BCUT2D eigenvalue weighted by Crippen LogP contribution is -2.15. The number of carbonyl (C=O) groups is 1. The van der Waals surface area contributed by atoms with Gasteiger partial charge in [0, 0.05) is 17.7 Å². The Bertz CT molecular complexity index is 1010. The lowest BCUT2D eigenvalue weighted by atomic mass is 10.1. The standard InChI is InChI=1S/C19H17F3N4O2/c1-4-14-24-17(26-28-14)15-10(2)9-11(3)23-16(15)25-18(27)12-5-7-13(8-6-12)19(20,21)22/h5-9H,4H2,1-3H3,(H,23,25,27). The van der Waals surface area contributed by atoms with Gasteiger partial charge < -0.3 is 9.84 Å². The minimum absolute atomic E-state index is 0.0715. The predicted octanol–water partition coefficient (Wildman–Crippen LogP) is 4.58. The van der Waals surface area contributed by atoms with Crippen LogP contribution in [0.2, 0.25) is 0 Å². The van der Waals surface area contributed by atoms with E-state index in [1.165, 1.54) is 0 Å². The molecule has 6 nitrogen and oxygen atoms in total. The van der Waals surface area contributed by atoms with Gasteiger partial charge in [0.15, 0.2) is 0 Å². The van der Waals surface area contributed by atoms with Crippen molar-refractivity contribution in [3.05, 3.63) is 58.6 Å². The molecular formula is C19H17F3N4O2. The van der Waals surface area contributed by atoms with Crippen molar-refractivity contribution in [3.8, 4) is 11.4 Å². The number of anilines is 1. The van der Waals surface area contributed by atoms with Crippen LogP contribution in [0.25, 0.3) is 11.4 Å². The van der Waals surface area contributed by atoms with Gasteiger partial charge in [-0.05, 0) is 49.7 Å². The highest BCUT2D eigenvalue weighted by molar-refractivity contribution is 6.05. The van der Waals surface area contributed by atoms with Crippen LogP contribution < -0.4 is 5.32 Å². The molecule has 0 unspecified atom stereocenters. The summed E-state index contributed by atoms with van der Waals surface area (Å²) >= 11 is 0. The molecule has 3 aromatic rings. The molecule has 0 saturated heterocycles. The first kappa shape index (κ1) is 19.5. The summed E-state index contributed by atoms with van der Waals surface area (Å²) < 4.78 is 43.2. The minimum atomic E-state index is -4.47. The summed E-state index contributed by atoms with van der Waals surface area (Å²) in [7, 11) is 0. The van der Waals surface area contributed by atoms with E-state index in [1.54, 1.807) is 6.92 Å². The number of nitrogens with one attached hydrogen (secondary N) is 1. The quantitative estimate of drug-likeness (QED) is 0.705. The fourth-order valence-corrected chi connectivity index (χ4v) is 2.70. The van der Waals surface area contributed by atoms with Gasteiger partial charge in [-0.3, -0.25) is 4.79 Å². The van der Waals surface area contributed by atoms with Gasteiger partial charge in [0.05, 0.1) is 11.1 Å². The molecule has 0 fully saturated rings. The normalized spacial score (nSPS) is 11.5. The molecule has 146 valence electrons. The Hall–Kier alpha value is -3.23. The van der Waals surface area contributed by atoms with Crippen molar-refractivity contribution in [1.82, 2.24) is 15.1 Å². The number of hydrogen-bond donors (Lipinski definition) is 1. The third-order valence-corrected chi connectivity index (χ3v) is 4.05. The van der Waals surface area contributed by atoms with Crippen LogP contribution in [0.15, 0.2) is 34.9 Å². The van der Waals surface area contributed by atoms with Crippen LogP contribution in [-0.2, 0) is 12.6 Å². The van der Waals surface area contributed by atoms with Gasteiger partial charge in [0.25, 0.3) is 5.91 Å². The molecule has 0 aliphatic rings. The number of benzene rings is 1. The summed E-state index contributed by atoms with van der Waals surface area (Å²) in [6.45, 7) is 5.45. The van der Waals surface area contributed by atoms with Gasteiger partial charge in [-0.2, -0.15) is 18.2 Å². The van der Waals surface area contributed by atoms with Crippen LogP contribution in [0.1, 0.15) is 40.0 Å². The zero-order valence-electron chi connectivity index (χ0n) is 15.4. The van der Waals surface area contributed by atoms with Crippen LogP contribution in [0.4, 0.5) is 19.0 Å². The molecule has 28 heavy (non-hydrogen) atoms. The molecule has 0 spiro atoms. The van der Waals surface area contributed by atoms with Crippen LogP contribution in [-0.4, -0.2) is 21.0 Å². The lowest BCUT2D eigenvalue weighted by molar-refractivity contribution is -0.137. The number of halogens is 3. The van der Waals surface area contributed by atoms with Gasteiger partial charge >= 0.3 is 6.18 Å². The van der Waals surface area contributed by atoms with E-state index in [4.69, 9.17) is 4.52 Å². The zero-order valence-corrected chi connectivity index (χ0v) is 15.4. The maximum atomic E-state index is 12.7. The fourth-order valence-electron chi connectivity index (χ4n) is 2.70. The Morgan fingerprint density at radius 3 is 2.39 bits per heavy atom. The van der Waals surface area contributed by atoms with Crippen molar-refractivity contribution in [2.24, 2.45) is 0 Å². The summed E-state index contributed by atoms with van der Waals surface area (Å²) in [6, 6.07) is 5.76. The molecule has 0 aliphatic heterocycles. The molecule has 1 aromatic carbocycles. The maximum absolute atomic E-state index is 12.7. The molecular weight excluding hydrogens is 373 g/mol. The smallest absolute Gasteiger partial charge is 0.339 e. The minimum Gasteiger partial charge on any atom is -0.339 e. The first-order valence-corrected chi connectivity index (χ1v) is 8.49. The highest BCUT2D eigenvalue weighted by atomic mass is 19.4. The topological polar surface area (TPSA) is 80.9 Å². The number of alkyl halides is 3. The second kappa shape index (κ2) is 7.41. The number of nitrogens with zero attached hydrogens (tertiary/aromatic N) is 3. The maximum Gasteiger partial charge on any atom is 0.416 e. The molecule has 3 rings (SSSR count). The molecule has 0 atom stereocenters. The molecule has 9 heteroatoms. The molecule has 2 aromatic heterocycles. The van der Waals surface area contributed by atoms with E-state index in [0.717, 1.165) is 29.8 Å². The summed E-state index contributed by atoms with van der Waals surface area (Å²) in [5, 5.41) is 6.56. The number of rotatable bonds is 4. The van der Waals surface area contributed by atoms with E-state index in [-0.39, 0.29) is 17.2 Å². The first-order valence-electron chi connectivity index (χ1n) is 8.49. The summed E-state index contributed by atoms with van der Waals surface area (Å²) in [5.74, 6) is 0.345. The Labute approximate surface area is 158 Å². The van der Waals surface area contributed by atoms with Crippen molar-refractivity contribution in [3.63, 3.8) is 0 Å². The van der Waals surface area contributed by atoms with E-state index in [0.29, 0.717) is 23.6 Å². The van der Waals surface area contributed by atoms with Gasteiger partial charge in [0.2, 0.25) is 11.7 Å². The molecule has 2 heterocycles. The van der Waals surface area contributed by atoms with Gasteiger partial charge in [-0.15, -0.1) is 0 Å². The molecule has 0 radical (unpaired) electrons. The highest BCUT2D eigenvalue weighted by Gasteiger charge is 2.30. The Kier molecular flexibility index (Phi) is 5.17. The van der Waals surface area contributed by atoms with E-state index in [9.17, 15) is 18.0 Å². The van der Waals surface area contributed by atoms with Crippen molar-refractivity contribution in [2.45, 2.75) is 33.4 Å². The van der Waals surface area contributed by atoms with Crippen molar-refractivity contribution >= 4 is 11.7 Å². The Morgan fingerprint density at radius 2 is 1.82 bits per heavy atom. The average molecular weight is 390 g/mol. The number of hydrogen-bond acceptors (Lipinski definition) is 5. The second-order valence-electron chi connectivity index (χ2n) is 6.20. The Morgan fingerprint density at radius 1 is 1.14 bits per heavy atom. The van der Waals surface area contributed by atoms with E-state index >= 15 is 0 Å². The first-order chi connectivity index (χ1) is 13.2. The van der Waals surface area contributed by atoms with E-state index < -0.39 is 17.6 Å². The number of amides is 1. The lowest BCUT2D eigenvalue weighted by Gasteiger charge is -2.12. The van der Waals surface area contributed by atoms with Gasteiger partial charge in [-0.25, -0.2) is 4.98 Å². The van der Waals surface area contributed by atoms with Crippen LogP contribution in [0, 0.1) is 13.8 Å². The van der Waals surface area contributed by atoms with Crippen molar-refractivity contribution < 1.29 is 22.5 Å². The molecule has 0 bridgehead atoms. The van der Waals surface area contributed by atoms with Crippen LogP contribution >= 0.6 is 0 Å². The zero-order chi connectivity index (χ0) is 20.5. The predicted molar refractivity (Wildman–Crippen MR) is 95.8 cm³/mol. The number of pyridine rings is 1.